The highest BCUT2D eigenvalue weighted by atomic mass is 16.5. The Morgan fingerprint density at radius 1 is 0.643 bits per heavy atom. The van der Waals surface area contributed by atoms with E-state index >= 15 is 0 Å². The molecule has 0 aromatic heterocycles. The molecule has 1 aromatic carbocycles. The Morgan fingerprint density at radius 2 is 1.18 bits per heavy atom. The van der Waals surface area contributed by atoms with Crippen molar-refractivity contribution >= 4 is 0 Å². The predicted octanol–water partition coefficient (Wildman–Crippen LogP) is 8.05. The minimum atomic E-state index is 0.802. The number of unbranched alkanes of at least 4 members (excludes halogenated alkanes) is 13. The maximum atomic E-state index is 5.83. The van der Waals surface area contributed by atoms with Crippen LogP contribution in [0.3, 0.4) is 0 Å². The van der Waals surface area contributed by atoms with Crippen molar-refractivity contribution in [3.05, 3.63) is 29.8 Å². The highest BCUT2D eigenvalue weighted by molar-refractivity contribution is 5.33. The van der Waals surface area contributed by atoms with Gasteiger partial charge in [0.05, 0.1) is 6.61 Å². The van der Waals surface area contributed by atoms with E-state index < -0.39 is 0 Å². The third kappa shape index (κ3) is 14.0. The molecule has 28 heavy (non-hydrogen) atoms. The van der Waals surface area contributed by atoms with Crippen LogP contribution in [0.1, 0.15) is 116 Å². The third-order valence-corrected chi connectivity index (χ3v) is 5.46. The first-order chi connectivity index (χ1) is 13.9. The monoisotopic (exact) mass is 389 g/mol. The number of ether oxygens (including phenoxy) is 1. The zero-order chi connectivity index (χ0) is 20.1. The van der Waals surface area contributed by atoms with Crippen LogP contribution in [0.4, 0.5) is 0 Å². The summed E-state index contributed by atoms with van der Waals surface area (Å²) >= 11 is 0. The van der Waals surface area contributed by atoms with Gasteiger partial charge in [0.15, 0.2) is 0 Å². The molecule has 0 spiro atoms. The fraction of sp³-hybridized carbons (Fsp3) is 0.769. The Balaban J connectivity index is 1.86. The summed E-state index contributed by atoms with van der Waals surface area (Å²) in [6.45, 7) is 7.27. The summed E-state index contributed by atoms with van der Waals surface area (Å²) in [5.74, 6) is 1.04. The molecule has 1 aromatic rings. The van der Waals surface area contributed by atoms with Crippen LogP contribution in [0.2, 0.25) is 0 Å². The van der Waals surface area contributed by atoms with Gasteiger partial charge in [0.2, 0.25) is 0 Å². The van der Waals surface area contributed by atoms with E-state index in [0.717, 1.165) is 31.9 Å². The standard InChI is InChI=1S/C26H47NO/c1-3-5-6-7-8-9-10-11-12-13-14-15-16-19-22-27-24-25-20-17-18-21-26(25)28-23-4-2/h17-18,20-21,27H,3-16,19,22-24H2,1-2H3. The van der Waals surface area contributed by atoms with E-state index in [2.05, 4.69) is 43.4 Å². The molecular weight excluding hydrogens is 342 g/mol. The molecule has 0 fully saturated rings. The molecule has 2 heteroatoms. The number of para-hydroxylation sites is 1. The molecule has 0 atom stereocenters. The number of hydrogen-bond donors (Lipinski definition) is 1. The molecule has 0 unspecified atom stereocenters. The van der Waals surface area contributed by atoms with Crippen molar-refractivity contribution in [3.63, 3.8) is 0 Å². The molecule has 162 valence electrons. The number of nitrogens with one attached hydrogen (secondary N) is 1. The van der Waals surface area contributed by atoms with Gasteiger partial charge in [0.1, 0.15) is 5.75 Å². The van der Waals surface area contributed by atoms with Crippen LogP contribution in [0, 0.1) is 0 Å². The highest BCUT2D eigenvalue weighted by Gasteiger charge is 2.02. The molecule has 0 aliphatic heterocycles. The van der Waals surface area contributed by atoms with Crippen molar-refractivity contribution in [1.82, 2.24) is 5.32 Å². The normalized spacial score (nSPS) is 11.1. The average molecular weight is 390 g/mol. The summed E-state index contributed by atoms with van der Waals surface area (Å²) in [6, 6.07) is 8.41. The van der Waals surface area contributed by atoms with E-state index in [1.165, 1.54) is 95.5 Å². The molecule has 1 N–H and O–H groups in total. The van der Waals surface area contributed by atoms with E-state index in [0.29, 0.717) is 0 Å². The number of rotatable bonds is 20. The minimum Gasteiger partial charge on any atom is -0.493 e. The van der Waals surface area contributed by atoms with Crippen molar-refractivity contribution in [2.24, 2.45) is 0 Å². The molecule has 0 radical (unpaired) electrons. The zero-order valence-corrected chi connectivity index (χ0v) is 18.9. The molecule has 0 amide bonds. The quantitative estimate of drug-likeness (QED) is 0.228. The summed E-state index contributed by atoms with van der Waals surface area (Å²) in [5.41, 5.74) is 1.28. The maximum absolute atomic E-state index is 5.83. The first-order valence-corrected chi connectivity index (χ1v) is 12.3. The second-order valence-electron chi connectivity index (χ2n) is 8.23. The highest BCUT2D eigenvalue weighted by Crippen LogP contribution is 2.18. The van der Waals surface area contributed by atoms with Gasteiger partial charge >= 0.3 is 0 Å². The van der Waals surface area contributed by atoms with Gasteiger partial charge in [0, 0.05) is 12.1 Å². The van der Waals surface area contributed by atoms with Gasteiger partial charge in [-0.25, -0.2) is 0 Å². The zero-order valence-electron chi connectivity index (χ0n) is 18.9. The Kier molecular flexibility index (Phi) is 17.2. The van der Waals surface area contributed by atoms with Crippen LogP contribution in [-0.2, 0) is 6.54 Å². The second-order valence-corrected chi connectivity index (χ2v) is 8.23. The second kappa shape index (κ2) is 19.3. The summed E-state index contributed by atoms with van der Waals surface area (Å²) in [6.07, 6.45) is 20.9. The van der Waals surface area contributed by atoms with Gasteiger partial charge in [-0.15, -0.1) is 0 Å². The molecule has 0 saturated heterocycles. The molecule has 1 rings (SSSR count). The first kappa shape index (κ1) is 25.0. The van der Waals surface area contributed by atoms with Gasteiger partial charge in [0.25, 0.3) is 0 Å². The Morgan fingerprint density at radius 3 is 1.75 bits per heavy atom. The molecule has 0 saturated carbocycles. The van der Waals surface area contributed by atoms with Crippen molar-refractivity contribution in [1.29, 1.82) is 0 Å². The molecular formula is C26H47NO. The fourth-order valence-electron chi connectivity index (χ4n) is 3.67. The van der Waals surface area contributed by atoms with Crippen molar-refractivity contribution in [2.75, 3.05) is 13.2 Å². The van der Waals surface area contributed by atoms with Gasteiger partial charge in [-0.2, -0.15) is 0 Å². The van der Waals surface area contributed by atoms with Gasteiger partial charge in [-0.05, 0) is 25.5 Å². The van der Waals surface area contributed by atoms with Crippen LogP contribution in [0.5, 0.6) is 5.75 Å². The van der Waals surface area contributed by atoms with Crippen LogP contribution in [0.25, 0.3) is 0 Å². The van der Waals surface area contributed by atoms with Crippen molar-refractivity contribution in [3.8, 4) is 5.75 Å². The van der Waals surface area contributed by atoms with Gasteiger partial charge in [-0.3, -0.25) is 0 Å². The molecule has 0 aliphatic carbocycles. The predicted molar refractivity (Wildman–Crippen MR) is 124 cm³/mol. The summed E-state index contributed by atoms with van der Waals surface area (Å²) in [4.78, 5) is 0. The summed E-state index contributed by atoms with van der Waals surface area (Å²) < 4.78 is 5.83. The summed E-state index contributed by atoms with van der Waals surface area (Å²) in [5, 5.41) is 3.58. The summed E-state index contributed by atoms with van der Waals surface area (Å²) in [7, 11) is 0. The molecule has 0 aliphatic rings. The van der Waals surface area contributed by atoms with Crippen LogP contribution >= 0.6 is 0 Å². The number of benzene rings is 1. The Bertz CT molecular complexity index is 446. The van der Waals surface area contributed by atoms with E-state index in [1.54, 1.807) is 0 Å². The van der Waals surface area contributed by atoms with Gasteiger partial charge < -0.3 is 10.1 Å². The Labute approximate surface area is 175 Å². The maximum Gasteiger partial charge on any atom is 0.123 e. The minimum absolute atomic E-state index is 0.802. The van der Waals surface area contributed by atoms with Crippen molar-refractivity contribution in [2.45, 2.75) is 117 Å². The topological polar surface area (TPSA) is 21.3 Å². The van der Waals surface area contributed by atoms with Crippen LogP contribution in [-0.4, -0.2) is 13.2 Å². The van der Waals surface area contributed by atoms with Gasteiger partial charge in [-0.1, -0.05) is 116 Å². The number of hydrogen-bond acceptors (Lipinski definition) is 2. The van der Waals surface area contributed by atoms with E-state index in [9.17, 15) is 0 Å². The van der Waals surface area contributed by atoms with E-state index in [4.69, 9.17) is 4.74 Å². The molecule has 2 nitrogen and oxygen atoms in total. The first-order valence-electron chi connectivity index (χ1n) is 12.3. The Hall–Kier alpha value is -1.02. The van der Waals surface area contributed by atoms with E-state index in [1.807, 2.05) is 0 Å². The van der Waals surface area contributed by atoms with E-state index in [-0.39, 0.29) is 0 Å². The lowest BCUT2D eigenvalue weighted by molar-refractivity contribution is 0.313. The van der Waals surface area contributed by atoms with Crippen LogP contribution in [0.15, 0.2) is 24.3 Å². The molecule has 0 heterocycles. The lowest BCUT2D eigenvalue weighted by Crippen LogP contribution is -2.15. The molecule has 0 bridgehead atoms. The lowest BCUT2D eigenvalue weighted by Gasteiger charge is -2.11. The smallest absolute Gasteiger partial charge is 0.123 e. The average Bonchev–Trinajstić information content (AvgIpc) is 2.72. The third-order valence-electron chi connectivity index (χ3n) is 5.46. The van der Waals surface area contributed by atoms with Crippen molar-refractivity contribution < 1.29 is 4.74 Å². The largest absolute Gasteiger partial charge is 0.493 e. The fourth-order valence-corrected chi connectivity index (χ4v) is 3.67. The lowest BCUT2D eigenvalue weighted by atomic mass is 10.0. The van der Waals surface area contributed by atoms with Crippen LogP contribution < -0.4 is 10.1 Å². The SMILES string of the molecule is CCCCCCCCCCCCCCCCNCc1ccccc1OCCC.